The highest BCUT2D eigenvalue weighted by molar-refractivity contribution is 6.33. The zero-order chi connectivity index (χ0) is 13.8. The molecule has 0 spiro atoms. The molecule has 1 amide bonds. The molecule has 1 fully saturated rings. The molecule has 1 unspecified atom stereocenters. The van der Waals surface area contributed by atoms with E-state index in [0.29, 0.717) is 18.7 Å². The minimum Gasteiger partial charge on any atom is -0.478 e. The summed E-state index contributed by atoms with van der Waals surface area (Å²) in [5.41, 5.74) is 0.497. The van der Waals surface area contributed by atoms with Gasteiger partial charge in [0.2, 0.25) is 5.91 Å². The smallest absolute Gasteiger partial charge is 0.337 e. The summed E-state index contributed by atoms with van der Waals surface area (Å²) in [5.74, 6) is -1.26. The summed E-state index contributed by atoms with van der Waals surface area (Å²) < 4.78 is 5.37. The third-order valence-electron chi connectivity index (χ3n) is 2.92. The molecule has 2 N–H and O–H groups in total. The van der Waals surface area contributed by atoms with Crippen LogP contribution in [0.15, 0.2) is 18.2 Å². The average Bonchev–Trinajstić information content (AvgIpc) is 2.81. The third kappa shape index (κ3) is 3.68. The molecular formula is C13H14ClNO4. The van der Waals surface area contributed by atoms with Crippen LogP contribution in [-0.4, -0.2) is 29.7 Å². The van der Waals surface area contributed by atoms with Crippen LogP contribution in [0.25, 0.3) is 0 Å². The van der Waals surface area contributed by atoms with E-state index in [4.69, 9.17) is 21.4 Å². The molecule has 1 aromatic rings. The molecule has 6 heteroatoms. The second kappa shape index (κ2) is 6.04. The Morgan fingerprint density at radius 2 is 2.26 bits per heavy atom. The number of hydrogen-bond donors (Lipinski definition) is 2. The summed E-state index contributed by atoms with van der Waals surface area (Å²) in [5, 5.41) is 11.6. The standard InChI is InChI=1S/C13H14ClNO4/c14-11-6-8(3-4-10(11)13(17)18)15-12(16)7-9-2-1-5-19-9/h3-4,6,9H,1-2,5,7H2,(H,15,16)(H,17,18). The Labute approximate surface area is 115 Å². The van der Waals surface area contributed by atoms with E-state index in [0.717, 1.165) is 12.8 Å². The molecule has 1 saturated heterocycles. The van der Waals surface area contributed by atoms with E-state index in [1.165, 1.54) is 18.2 Å². The topological polar surface area (TPSA) is 75.6 Å². The number of hydrogen-bond acceptors (Lipinski definition) is 3. The maximum Gasteiger partial charge on any atom is 0.337 e. The van der Waals surface area contributed by atoms with Gasteiger partial charge in [0, 0.05) is 12.3 Å². The lowest BCUT2D eigenvalue weighted by Gasteiger charge is -2.10. The first-order chi connectivity index (χ1) is 9.06. The Morgan fingerprint density at radius 3 is 2.84 bits per heavy atom. The predicted molar refractivity (Wildman–Crippen MR) is 70.6 cm³/mol. The third-order valence-corrected chi connectivity index (χ3v) is 3.23. The predicted octanol–water partition coefficient (Wildman–Crippen LogP) is 2.55. The molecule has 2 rings (SSSR count). The van der Waals surface area contributed by atoms with Crippen molar-refractivity contribution in [3.05, 3.63) is 28.8 Å². The molecule has 0 aromatic heterocycles. The highest BCUT2D eigenvalue weighted by Gasteiger charge is 2.19. The average molecular weight is 284 g/mol. The van der Waals surface area contributed by atoms with Gasteiger partial charge in [-0.05, 0) is 31.0 Å². The van der Waals surface area contributed by atoms with Gasteiger partial charge in [-0.15, -0.1) is 0 Å². The molecule has 1 aliphatic rings. The lowest BCUT2D eigenvalue weighted by Crippen LogP contribution is -2.19. The van der Waals surface area contributed by atoms with Crippen molar-refractivity contribution < 1.29 is 19.4 Å². The molecule has 1 heterocycles. The number of nitrogens with one attached hydrogen (secondary N) is 1. The fourth-order valence-electron chi connectivity index (χ4n) is 1.99. The van der Waals surface area contributed by atoms with E-state index in [1.807, 2.05) is 0 Å². The molecule has 0 aliphatic carbocycles. The van der Waals surface area contributed by atoms with Crippen molar-refractivity contribution in [2.24, 2.45) is 0 Å². The van der Waals surface area contributed by atoms with E-state index in [9.17, 15) is 9.59 Å². The van der Waals surface area contributed by atoms with Crippen molar-refractivity contribution in [2.45, 2.75) is 25.4 Å². The van der Waals surface area contributed by atoms with Crippen LogP contribution in [-0.2, 0) is 9.53 Å². The molecule has 0 saturated carbocycles. The molecule has 19 heavy (non-hydrogen) atoms. The molecule has 0 bridgehead atoms. The first-order valence-corrected chi connectivity index (χ1v) is 6.38. The van der Waals surface area contributed by atoms with Gasteiger partial charge in [-0.3, -0.25) is 4.79 Å². The van der Waals surface area contributed by atoms with Crippen molar-refractivity contribution >= 4 is 29.2 Å². The molecule has 102 valence electrons. The van der Waals surface area contributed by atoms with E-state index >= 15 is 0 Å². The highest BCUT2D eigenvalue weighted by atomic mass is 35.5. The summed E-state index contributed by atoms with van der Waals surface area (Å²) in [6.45, 7) is 0.705. The zero-order valence-electron chi connectivity index (χ0n) is 10.2. The number of halogens is 1. The quantitative estimate of drug-likeness (QED) is 0.890. The monoisotopic (exact) mass is 283 g/mol. The SMILES string of the molecule is O=C(CC1CCCO1)Nc1ccc(C(=O)O)c(Cl)c1. The number of rotatable bonds is 4. The molecule has 5 nitrogen and oxygen atoms in total. The number of carboxylic acids is 1. The van der Waals surface area contributed by atoms with Crippen molar-refractivity contribution in [1.29, 1.82) is 0 Å². The second-order valence-corrected chi connectivity index (χ2v) is 4.79. The molecule has 0 radical (unpaired) electrons. The lowest BCUT2D eigenvalue weighted by molar-refractivity contribution is -0.118. The highest BCUT2D eigenvalue weighted by Crippen LogP contribution is 2.22. The fraction of sp³-hybridized carbons (Fsp3) is 0.385. The Morgan fingerprint density at radius 1 is 1.47 bits per heavy atom. The van der Waals surface area contributed by atoms with Crippen molar-refractivity contribution in [1.82, 2.24) is 0 Å². The number of carbonyl (C=O) groups is 2. The van der Waals surface area contributed by atoms with E-state index in [-0.39, 0.29) is 22.6 Å². The number of anilines is 1. The minimum atomic E-state index is -1.10. The number of carbonyl (C=O) groups excluding carboxylic acids is 1. The Kier molecular flexibility index (Phi) is 4.39. The maximum atomic E-state index is 11.7. The van der Waals surface area contributed by atoms with Crippen LogP contribution in [0.2, 0.25) is 5.02 Å². The Hall–Kier alpha value is -1.59. The molecular weight excluding hydrogens is 270 g/mol. The van der Waals surface area contributed by atoms with Gasteiger partial charge in [0.25, 0.3) is 0 Å². The summed E-state index contributed by atoms with van der Waals surface area (Å²) in [7, 11) is 0. The van der Waals surface area contributed by atoms with Crippen LogP contribution in [0.1, 0.15) is 29.6 Å². The van der Waals surface area contributed by atoms with E-state index in [1.54, 1.807) is 0 Å². The lowest BCUT2D eigenvalue weighted by atomic mass is 10.1. The van der Waals surface area contributed by atoms with Crippen LogP contribution in [0.5, 0.6) is 0 Å². The van der Waals surface area contributed by atoms with Crippen LogP contribution in [0.3, 0.4) is 0 Å². The van der Waals surface area contributed by atoms with Crippen LogP contribution < -0.4 is 5.32 Å². The van der Waals surface area contributed by atoms with Crippen LogP contribution in [0.4, 0.5) is 5.69 Å². The zero-order valence-corrected chi connectivity index (χ0v) is 10.9. The summed E-state index contributed by atoms with van der Waals surface area (Å²) in [6, 6.07) is 4.31. The first kappa shape index (κ1) is 13.8. The normalized spacial score (nSPS) is 18.3. The van der Waals surface area contributed by atoms with E-state index < -0.39 is 5.97 Å². The summed E-state index contributed by atoms with van der Waals surface area (Å²) >= 11 is 5.82. The largest absolute Gasteiger partial charge is 0.478 e. The molecule has 1 aliphatic heterocycles. The van der Waals surface area contributed by atoms with Gasteiger partial charge in [-0.25, -0.2) is 4.79 Å². The van der Waals surface area contributed by atoms with Gasteiger partial charge in [0.15, 0.2) is 0 Å². The van der Waals surface area contributed by atoms with Crippen molar-refractivity contribution in [3.63, 3.8) is 0 Å². The Bertz CT molecular complexity index is 497. The van der Waals surface area contributed by atoms with Gasteiger partial charge in [0.1, 0.15) is 0 Å². The van der Waals surface area contributed by atoms with Crippen LogP contribution >= 0.6 is 11.6 Å². The van der Waals surface area contributed by atoms with Crippen LogP contribution in [0, 0.1) is 0 Å². The number of aromatic carboxylic acids is 1. The summed E-state index contributed by atoms with van der Waals surface area (Å²) in [6.07, 6.45) is 2.16. The van der Waals surface area contributed by atoms with Gasteiger partial charge in [-0.2, -0.15) is 0 Å². The number of benzene rings is 1. The maximum absolute atomic E-state index is 11.7. The number of amides is 1. The molecule has 1 atom stereocenters. The number of carboxylic acid groups (broad SMARTS) is 1. The van der Waals surface area contributed by atoms with Gasteiger partial charge >= 0.3 is 5.97 Å². The van der Waals surface area contributed by atoms with Gasteiger partial charge in [-0.1, -0.05) is 11.6 Å². The van der Waals surface area contributed by atoms with Crippen molar-refractivity contribution in [3.8, 4) is 0 Å². The van der Waals surface area contributed by atoms with E-state index in [2.05, 4.69) is 5.32 Å². The van der Waals surface area contributed by atoms with Crippen molar-refractivity contribution in [2.75, 3.05) is 11.9 Å². The second-order valence-electron chi connectivity index (χ2n) is 4.39. The number of ether oxygens (including phenoxy) is 1. The Balaban J connectivity index is 1.96. The fourth-order valence-corrected chi connectivity index (χ4v) is 2.25. The van der Waals surface area contributed by atoms with Gasteiger partial charge in [0.05, 0.1) is 23.1 Å². The minimum absolute atomic E-state index is 0.0128. The molecule has 1 aromatic carbocycles. The van der Waals surface area contributed by atoms with Gasteiger partial charge < -0.3 is 15.2 Å². The summed E-state index contributed by atoms with van der Waals surface area (Å²) in [4.78, 5) is 22.5. The first-order valence-electron chi connectivity index (χ1n) is 6.00.